The maximum absolute atomic E-state index is 12.1. The van der Waals surface area contributed by atoms with Crippen LogP contribution in [0.5, 0.6) is 5.75 Å². The highest BCUT2D eigenvalue weighted by Crippen LogP contribution is 2.24. The van der Waals surface area contributed by atoms with Crippen molar-refractivity contribution in [3.63, 3.8) is 0 Å². The molecule has 0 saturated heterocycles. The third-order valence-corrected chi connectivity index (χ3v) is 4.26. The molecular weight excluding hydrogens is 274 g/mol. The molecular formula is C11H15NO6S. The van der Waals surface area contributed by atoms with Gasteiger partial charge in [-0.05, 0) is 23.8 Å². The molecule has 1 aromatic rings. The summed E-state index contributed by atoms with van der Waals surface area (Å²) in [6.07, 6.45) is -0.427. The minimum atomic E-state index is -3.90. The SMILES string of the molecule is COc1ccc(S(=O)(=O)N(C)OC)c(CC(=O)O)c1. The van der Waals surface area contributed by atoms with Gasteiger partial charge in [0.15, 0.2) is 0 Å². The van der Waals surface area contributed by atoms with Crippen LogP contribution in [-0.2, 0) is 26.1 Å². The fourth-order valence-electron chi connectivity index (χ4n) is 1.47. The molecule has 1 aromatic carbocycles. The summed E-state index contributed by atoms with van der Waals surface area (Å²) in [4.78, 5) is 15.3. The van der Waals surface area contributed by atoms with Gasteiger partial charge in [-0.3, -0.25) is 9.63 Å². The van der Waals surface area contributed by atoms with E-state index in [2.05, 4.69) is 4.84 Å². The van der Waals surface area contributed by atoms with Crippen molar-refractivity contribution in [3.8, 4) is 5.75 Å². The summed E-state index contributed by atoms with van der Waals surface area (Å²) in [7, 11) is -0.0535. The zero-order valence-corrected chi connectivity index (χ0v) is 11.6. The molecule has 0 aliphatic heterocycles. The maximum Gasteiger partial charge on any atom is 0.307 e. The normalized spacial score (nSPS) is 11.6. The molecule has 0 atom stereocenters. The molecule has 0 radical (unpaired) electrons. The van der Waals surface area contributed by atoms with Gasteiger partial charge in [0.05, 0.1) is 25.5 Å². The molecule has 0 amide bonds. The predicted octanol–water partition coefficient (Wildman–Crippen LogP) is 0.504. The topological polar surface area (TPSA) is 93.1 Å². The molecule has 0 aliphatic rings. The number of benzene rings is 1. The van der Waals surface area contributed by atoms with E-state index in [1.807, 2.05) is 0 Å². The van der Waals surface area contributed by atoms with Crippen molar-refractivity contribution >= 4 is 16.0 Å². The number of carbonyl (C=O) groups is 1. The third kappa shape index (κ3) is 3.43. The molecule has 7 nitrogen and oxygen atoms in total. The third-order valence-electron chi connectivity index (χ3n) is 2.48. The van der Waals surface area contributed by atoms with Gasteiger partial charge >= 0.3 is 5.97 Å². The number of ether oxygens (including phenoxy) is 1. The minimum Gasteiger partial charge on any atom is -0.497 e. The van der Waals surface area contributed by atoms with E-state index in [0.29, 0.717) is 10.2 Å². The number of rotatable bonds is 6. The average molecular weight is 289 g/mol. The molecule has 1 N–H and O–H groups in total. The molecule has 0 fully saturated rings. The number of methoxy groups -OCH3 is 1. The first-order valence-corrected chi connectivity index (χ1v) is 6.68. The molecule has 0 aromatic heterocycles. The van der Waals surface area contributed by atoms with Crippen molar-refractivity contribution < 1.29 is 27.9 Å². The summed E-state index contributed by atoms with van der Waals surface area (Å²) >= 11 is 0. The number of hydroxylamine groups is 1. The van der Waals surface area contributed by atoms with Crippen molar-refractivity contribution in [1.82, 2.24) is 4.47 Å². The molecule has 106 valence electrons. The Morgan fingerprint density at radius 3 is 2.47 bits per heavy atom. The van der Waals surface area contributed by atoms with E-state index in [4.69, 9.17) is 9.84 Å². The van der Waals surface area contributed by atoms with Crippen LogP contribution in [0.25, 0.3) is 0 Å². The lowest BCUT2D eigenvalue weighted by Crippen LogP contribution is -2.27. The Bertz CT molecular complexity index is 569. The number of nitrogens with zero attached hydrogens (tertiary/aromatic N) is 1. The van der Waals surface area contributed by atoms with Crippen molar-refractivity contribution in [2.45, 2.75) is 11.3 Å². The lowest BCUT2D eigenvalue weighted by molar-refractivity contribution is -0.136. The van der Waals surface area contributed by atoms with Crippen LogP contribution in [0.4, 0.5) is 0 Å². The number of carboxylic acids is 1. The van der Waals surface area contributed by atoms with Crippen molar-refractivity contribution in [2.75, 3.05) is 21.3 Å². The summed E-state index contributed by atoms with van der Waals surface area (Å²) in [6.45, 7) is 0. The summed E-state index contributed by atoms with van der Waals surface area (Å²) in [6, 6.07) is 4.12. The second-order valence-corrected chi connectivity index (χ2v) is 5.55. The van der Waals surface area contributed by atoms with Crippen molar-refractivity contribution in [1.29, 1.82) is 0 Å². The molecule has 19 heavy (non-hydrogen) atoms. The van der Waals surface area contributed by atoms with Gasteiger partial charge in [0.2, 0.25) is 0 Å². The van der Waals surface area contributed by atoms with Crippen LogP contribution >= 0.6 is 0 Å². The van der Waals surface area contributed by atoms with Crippen LogP contribution in [0, 0.1) is 0 Å². The molecule has 8 heteroatoms. The van der Waals surface area contributed by atoms with Crippen LogP contribution in [0.1, 0.15) is 5.56 Å². The number of carboxylic acid groups (broad SMARTS) is 1. The van der Waals surface area contributed by atoms with Crippen molar-refractivity contribution in [2.24, 2.45) is 0 Å². The fourth-order valence-corrected chi connectivity index (χ4v) is 2.65. The largest absolute Gasteiger partial charge is 0.497 e. The standard InChI is InChI=1S/C11H15NO6S/c1-12(18-3)19(15,16)10-5-4-9(17-2)6-8(10)7-11(13)14/h4-6H,7H2,1-3H3,(H,13,14). The van der Waals surface area contributed by atoms with Crippen LogP contribution < -0.4 is 4.74 Å². The van der Waals surface area contributed by atoms with Crippen LogP contribution in [0.2, 0.25) is 0 Å². The minimum absolute atomic E-state index is 0.125. The second-order valence-electron chi connectivity index (χ2n) is 3.64. The zero-order chi connectivity index (χ0) is 14.6. The van der Waals surface area contributed by atoms with E-state index < -0.39 is 22.4 Å². The van der Waals surface area contributed by atoms with Gasteiger partial charge in [0, 0.05) is 7.05 Å². The smallest absolute Gasteiger partial charge is 0.307 e. The zero-order valence-electron chi connectivity index (χ0n) is 10.8. The fraction of sp³-hybridized carbons (Fsp3) is 0.364. The highest BCUT2D eigenvalue weighted by atomic mass is 32.2. The van der Waals surface area contributed by atoms with Gasteiger partial charge in [-0.15, -0.1) is 0 Å². The van der Waals surface area contributed by atoms with Gasteiger partial charge in [-0.1, -0.05) is 4.47 Å². The molecule has 1 rings (SSSR count). The Morgan fingerprint density at radius 1 is 1.37 bits per heavy atom. The van der Waals surface area contributed by atoms with Gasteiger partial charge in [-0.2, -0.15) is 0 Å². The Hall–Kier alpha value is -1.64. The van der Waals surface area contributed by atoms with E-state index in [1.165, 1.54) is 39.5 Å². The van der Waals surface area contributed by atoms with Crippen LogP contribution in [0.3, 0.4) is 0 Å². The first-order valence-electron chi connectivity index (χ1n) is 5.24. The lowest BCUT2D eigenvalue weighted by atomic mass is 10.1. The Balaban J connectivity index is 3.38. The predicted molar refractivity (Wildman–Crippen MR) is 66.3 cm³/mol. The molecule has 0 aliphatic carbocycles. The molecule has 0 spiro atoms. The van der Waals surface area contributed by atoms with E-state index in [9.17, 15) is 13.2 Å². The molecule has 0 bridgehead atoms. The van der Waals surface area contributed by atoms with E-state index in [1.54, 1.807) is 0 Å². The number of sulfonamides is 1. The molecule has 0 heterocycles. The Morgan fingerprint density at radius 2 is 2.00 bits per heavy atom. The van der Waals surface area contributed by atoms with Gasteiger partial charge in [0.1, 0.15) is 5.75 Å². The monoisotopic (exact) mass is 289 g/mol. The highest BCUT2D eigenvalue weighted by Gasteiger charge is 2.25. The van der Waals surface area contributed by atoms with Crippen LogP contribution in [-0.4, -0.2) is 45.2 Å². The maximum atomic E-state index is 12.1. The summed E-state index contributed by atoms with van der Waals surface area (Å²) in [5.41, 5.74) is 0.135. The van der Waals surface area contributed by atoms with E-state index in [0.717, 1.165) is 0 Å². The number of hydrogen-bond acceptors (Lipinski definition) is 5. The van der Waals surface area contributed by atoms with Crippen LogP contribution in [0.15, 0.2) is 23.1 Å². The second kappa shape index (κ2) is 6.00. The summed E-state index contributed by atoms with van der Waals surface area (Å²) < 4.78 is 29.9. The van der Waals surface area contributed by atoms with Gasteiger partial charge in [-0.25, -0.2) is 8.42 Å². The Labute approximate surface area is 111 Å². The first kappa shape index (κ1) is 15.4. The molecule has 0 saturated carbocycles. The van der Waals surface area contributed by atoms with Gasteiger partial charge in [0.25, 0.3) is 10.0 Å². The van der Waals surface area contributed by atoms with E-state index >= 15 is 0 Å². The summed E-state index contributed by atoms with van der Waals surface area (Å²) in [5, 5.41) is 8.84. The number of aliphatic carboxylic acids is 1. The average Bonchev–Trinajstić information content (AvgIpc) is 2.36. The van der Waals surface area contributed by atoms with Crippen molar-refractivity contribution in [3.05, 3.63) is 23.8 Å². The summed E-state index contributed by atoms with van der Waals surface area (Å²) in [5.74, 6) is -0.750. The highest BCUT2D eigenvalue weighted by molar-refractivity contribution is 7.89. The van der Waals surface area contributed by atoms with E-state index in [-0.39, 0.29) is 10.5 Å². The first-order chi connectivity index (χ1) is 8.82. The lowest BCUT2D eigenvalue weighted by Gasteiger charge is -2.17. The quantitative estimate of drug-likeness (QED) is 0.767. The molecule has 0 unspecified atom stereocenters. The number of hydrogen-bond donors (Lipinski definition) is 1. The Kier molecular flexibility index (Phi) is 4.87. The van der Waals surface area contributed by atoms with Gasteiger partial charge < -0.3 is 9.84 Å².